The number of benzene rings is 1. The third kappa shape index (κ3) is 5.59. The molecule has 0 spiro atoms. The van der Waals surface area contributed by atoms with E-state index < -0.39 is 22.2 Å². The highest BCUT2D eigenvalue weighted by Gasteiger charge is 2.34. The zero-order valence-electron chi connectivity index (χ0n) is 21.4. The molecule has 39 heavy (non-hydrogen) atoms. The monoisotopic (exact) mass is 573 g/mol. The summed E-state index contributed by atoms with van der Waals surface area (Å²) in [6.07, 6.45) is 4.47. The van der Waals surface area contributed by atoms with Gasteiger partial charge in [0.25, 0.3) is 5.91 Å². The molecule has 206 valence electrons. The number of anilines is 2. The topological polar surface area (TPSA) is 169 Å². The molecule has 0 saturated carbocycles. The Morgan fingerprint density at radius 3 is 2.82 bits per heavy atom. The summed E-state index contributed by atoms with van der Waals surface area (Å²) in [7, 11) is -3.62. The van der Waals surface area contributed by atoms with E-state index in [9.17, 15) is 18.3 Å². The first-order valence-electron chi connectivity index (χ1n) is 12.5. The number of hydrogen-bond donors (Lipinski definition) is 2. The minimum absolute atomic E-state index is 0.167. The molecule has 15 heteroatoms. The van der Waals surface area contributed by atoms with Crippen molar-refractivity contribution in [2.24, 2.45) is 5.11 Å². The van der Waals surface area contributed by atoms with Crippen LogP contribution < -0.4 is 9.62 Å². The van der Waals surface area contributed by atoms with E-state index in [1.54, 1.807) is 9.42 Å². The van der Waals surface area contributed by atoms with E-state index in [-0.39, 0.29) is 23.2 Å². The minimum atomic E-state index is -3.62. The minimum Gasteiger partial charge on any atom is -0.391 e. The molecule has 0 unspecified atom stereocenters. The summed E-state index contributed by atoms with van der Waals surface area (Å²) in [6, 6.07) is 5.42. The zero-order valence-corrected chi connectivity index (χ0v) is 23.0. The number of aryl methyl sites for hydroxylation is 1. The van der Waals surface area contributed by atoms with Gasteiger partial charge in [-0.05, 0) is 49.9 Å². The number of aliphatic hydroxyl groups excluding tert-OH is 1. The number of likely N-dealkylation sites (tertiary alicyclic amines) is 1. The van der Waals surface area contributed by atoms with Crippen molar-refractivity contribution < 1.29 is 18.3 Å². The standard InChI is InChI=1S/C24H28ClN9O4S/c1-14-11-34-22(27-23(14)32-12-19(28-31-26)21(35)13-32)10-18(29-34)20-5-3-4-8-33(20)24(36)16-9-15(25)6-7-17(16)30-39(2,37)38/h6-7,9-11,19-21,30,35H,3-5,8,12-13H2,1-2H3/t19-,20+,21+/m1/s1. The molecule has 2 aromatic heterocycles. The Hall–Kier alpha value is -3.58. The number of carbonyl (C=O) groups is 1. The Balaban J connectivity index is 1.47. The van der Waals surface area contributed by atoms with E-state index in [0.717, 1.165) is 24.7 Å². The normalized spacial score (nSPS) is 21.7. The van der Waals surface area contributed by atoms with E-state index in [4.69, 9.17) is 27.2 Å². The Morgan fingerprint density at radius 2 is 2.08 bits per heavy atom. The first-order chi connectivity index (χ1) is 18.5. The van der Waals surface area contributed by atoms with Gasteiger partial charge in [-0.1, -0.05) is 16.7 Å². The van der Waals surface area contributed by atoms with Crippen molar-refractivity contribution in [2.75, 3.05) is 35.5 Å². The average molecular weight is 574 g/mol. The van der Waals surface area contributed by atoms with Crippen LogP contribution in [0.15, 0.2) is 35.6 Å². The maximum absolute atomic E-state index is 13.8. The molecule has 1 amide bonds. The Bertz CT molecular complexity index is 1590. The lowest BCUT2D eigenvalue weighted by Gasteiger charge is -2.35. The Morgan fingerprint density at radius 1 is 1.28 bits per heavy atom. The molecule has 2 N–H and O–H groups in total. The van der Waals surface area contributed by atoms with Gasteiger partial charge in [-0.15, -0.1) is 0 Å². The number of piperidine rings is 1. The number of nitrogens with one attached hydrogen (secondary N) is 1. The quantitative estimate of drug-likeness (QED) is 0.259. The van der Waals surface area contributed by atoms with Gasteiger partial charge >= 0.3 is 0 Å². The molecule has 13 nitrogen and oxygen atoms in total. The van der Waals surface area contributed by atoms with Gasteiger partial charge in [0, 0.05) is 47.4 Å². The summed E-state index contributed by atoms with van der Waals surface area (Å²) < 4.78 is 27.9. The SMILES string of the molecule is Cc1cn2nc([C@@H]3CCCCN3C(=O)c3cc(Cl)ccc3NS(C)(=O)=O)cc2nc1N1C[C@H](O)[C@H](N=[N+]=[N-])C1. The summed E-state index contributed by atoms with van der Waals surface area (Å²) in [6.45, 7) is 3.02. The Labute approximate surface area is 230 Å². The van der Waals surface area contributed by atoms with Crippen LogP contribution in [0.25, 0.3) is 16.1 Å². The van der Waals surface area contributed by atoms with Gasteiger partial charge in [0.1, 0.15) is 5.82 Å². The van der Waals surface area contributed by atoms with Crippen LogP contribution in [0, 0.1) is 6.92 Å². The number of carbonyl (C=O) groups excluding carboxylic acids is 1. The number of azide groups is 1. The van der Waals surface area contributed by atoms with E-state index in [0.29, 0.717) is 48.2 Å². The second-order valence-corrected chi connectivity index (χ2v) is 12.1. The highest BCUT2D eigenvalue weighted by Crippen LogP contribution is 2.34. The first kappa shape index (κ1) is 27.0. The molecule has 0 radical (unpaired) electrons. The van der Waals surface area contributed by atoms with Crippen LogP contribution in [0.1, 0.15) is 46.9 Å². The third-order valence-electron chi connectivity index (χ3n) is 6.99. The summed E-state index contributed by atoms with van der Waals surface area (Å²) in [5.74, 6) is 0.320. The van der Waals surface area contributed by atoms with Crippen molar-refractivity contribution in [2.45, 2.75) is 44.4 Å². The number of rotatable bonds is 6. The average Bonchev–Trinajstić information content (AvgIpc) is 3.46. The Kier molecular flexibility index (Phi) is 7.29. The number of β-amino-alcohol motifs (C(OH)–C–C–N with tert-alkyl or cyclic N) is 1. The lowest BCUT2D eigenvalue weighted by Crippen LogP contribution is -2.39. The fraction of sp³-hybridized carbons (Fsp3) is 0.458. The van der Waals surface area contributed by atoms with E-state index in [1.165, 1.54) is 18.2 Å². The molecule has 0 aliphatic carbocycles. The number of nitrogens with zero attached hydrogens (tertiary/aromatic N) is 8. The van der Waals surface area contributed by atoms with Crippen LogP contribution in [0.2, 0.25) is 5.02 Å². The number of fused-ring (bicyclic) bond motifs is 1. The van der Waals surface area contributed by atoms with Crippen LogP contribution in [-0.2, 0) is 10.0 Å². The second-order valence-electron chi connectivity index (χ2n) is 9.94. The smallest absolute Gasteiger partial charge is 0.256 e. The molecule has 4 heterocycles. The molecule has 2 fully saturated rings. The molecular formula is C24H28ClN9O4S. The fourth-order valence-electron chi connectivity index (χ4n) is 5.24. The summed E-state index contributed by atoms with van der Waals surface area (Å²) >= 11 is 6.18. The molecule has 3 atom stereocenters. The number of aromatic nitrogens is 3. The number of sulfonamides is 1. The molecule has 3 aromatic rings. The molecule has 2 aliphatic rings. The van der Waals surface area contributed by atoms with Gasteiger partial charge in [0.2, 0.25) is 10.0 Å². The van der Waals surface area contributed by atoms with Gasteiger partial charge in [-0.2, -0.15) is 5.10 Å². The highest BCUT2D eigenvalue weighted by atomic mass is 35.5. The summed E-state index contributed by atoms with van der Waals surface area (Å²) in [5, 5.41) is 19.0. The van der Waals surface area contributed by atoms with Crippen molar-refractivity contribution in [1.82, 2.24) is 19.5 Å². The van der Waals surface area contributed by atoms with Gasteiger partial charge in [0.15, 0.2) is 5.65 Å². The van der Waals surface area contributed by atoms with E-state index >= 15 is 0 Å². The van der Waals surface area contributed by atoms with Gasteiger partial charge < -0.3 is 14.9 Å². The highest BCUT2D eigenvalue weighted by molar-refractivity contribution is 7.92. The number of hydrogen-bond acceptors (Lipinski definition) is 8. The first-order valence-corrected chi connectivity index (χ1v) is 14.7. The molecule has 2 aliphatic heterocycles. The molecule has 2 saturated heterocycles. The third-order valence-corrected chi connectivity index (χ3v) is 7.82. The largest absolute Gasteiger partial charge is 0.391 e. The molecular weight excluding hydrogens is 546 g/mol. The number of amides is 1. The van der Waals surface area contributed by atoms with E-state index in [1.807, 2.05) is 24.1 Å². The van der Waals surface area contributed by atoms with Crippen LogP contribution >= 0.6 is 11.6 Å². The molecule has 0 bridgehead atoms. The van der Waals surface area contributed by atoms with Gasteiger partial charge in [0.05, 0.1) is 41.4 Å². The van der Waals surface area contributed by atoms with E-state index in [2.05, 4.69) is 14.7 Å². The van der Waals surface area contributed by atoms with Gasteiger partial charge in [-0.3, -0.25) is 9.52 Å². The van der Waals surface area contributed by atoms with Crippen molar-refractivity contribution >= 4 is 44.7 Å². The van der Waals surface area contributed by atoms with Crippen molar-refractivity contribution in [3.05, 3.63) is 62.7 Å². The molecule has 5 rings (SSSR count). The van der Waals surface area contributed by atoms with Gasteiger partial charge in [-0.25, -0.2) is 17.9 Å². The van der Waals surface area contributed by atoms with Crippen LogP contribution in [0.4, 0.5) is 11.5 Å². The van der Waals surface area contributed by atoms with Crippen LogP contribution in [0.3, 0.4) is 0 Å². The number of halogens is 1. The fourth-order valence-corrected chi connectivity index (χ4v) is 5.99. The number of aliphatic hydroxyl groups is 1. The molecule has 1 aromatic carbocycles. The maximum atomic E-state index is 13.8. The lowest BCUT2D eigenvalue weighted by atomic mass is 9.98. The van der Waals surface area contributed by atoms with Crippen LogP contribution in [-0.4, -0.2) is 77.0 Å². The van der Waals surface area contributed by atoms with Crippen molar-refractivity contribution in [1.29, 1.82) is 0 Å². The van der Waals surface area contributed by atoms with Crippen molar-refractivity contribution in [3.63, 3.8) is 0 Å². The lowest BCUT2D eigenvalue weighted by molar-refractivity contribution is 0.0607. The second kappa shape index (κ2) is 10.5. The van der Waals surface area contributed by atoms with Crippen molar-refractivity contribution in [3.8, 4) is 0 Å². The summed E-state index contributed by atoms with van der Waals surface area (Å²) in [5.41, 5.74) is 11.2. The predicted molar refractivity (Wildman–Crippen MR) is 146 cm³/mol. The maximum Gasteiger partial charge on any atom is 0.256 e. The van der Waals surface area contributed by atoms with Crippen LogP contribution in [0.5, 0.6) is 0 Å². The zero-order chi connectivity index (χ0) is 27.9. The summed E-state index contributed by atoms with van der Waals surface area (Å²) in [4.78, 5) is 25.0. The predicted octanol–water partition coefficient (Wildman–Crippen LogP) is 3.29.